The first-order chi connectivity index (χ1) is 17.1. The number of carbonyl (C=O) groups excluding carboxylic acids is 1. The number of nitrogens with one attached hydrogen (secondary N) is 1. The molecular weight excluding hydrogens is 512 g/mol. The largest absolute Gasteiger partial charge is 0.465 e. The van der Waals surface area contributed by atoms with Gasteiger partial charge in [-0.15, -0.1) is 11.8 Å². The molecular formula is C26H36N4O5S2. The minimum Gasteiger partial charge on any atom is -0.465 e. The second kappa shape index (κ2) is 11.0. The first-order valence-electron chi connectivity index (χ1n) is 12.1. The van der Waals surface area contributed by atoms with E-state index < -0.39 is 27.0 Å². The van der Waals surface area contributed by atoms with Crippen molar-refractivity contribution in [1.29, 1.82) is 0 Å². The third-order valence-corrected chi connectivity index (χ3v) is 9.23. The number of carbonyl (C=O) groups is 2. The third-order valence-electron chi connectivity index (χ3n) is 6.01. The highest BCUT2D eigenvalue weighted by Crippen LogP contribution is 2.31. The van der Waals surface area contributed by atoms with Crippen molar-refractivity contribution in [2.75, 3.05) is 23.7 Å². The van der Waals surface area contributed by atoms with E-state index in [1.807, 2.05) is 12.1 Å². The van der Waals surface area contributed by atoms with Crippen LogP contribution < -0.4 is 10.2 Å². The van der Waals surface area contributed by atoms with E-state index >= 15 is 0 Å². The lowest BCUT2D eigenvalue weighted by atomic mass is 9.87. The smallest absolute Gasteiger partial charge is 0.413 e. The van der Waals surface area contributed by atoms with Crippen molar-refractivity contribution in [3.05, 3.63) is 53.7 Å². The van der Waals surface area contributed by atoms with E-state index in [9.17, 15) is 23.1 Å². The minimum atomic E-state index is -3.82. The minimum absolute atomic E-state index is 0.0910. The summed E-state index contributed by atoms with van der Waals surface area (Å²) in [5, 5.41) is 11.5. The Hall–Kier alpha value is -2.63. The van der Waals surface area contributed by atoms with Gasteiger partial charge in [0, 0.05) is 30.6 Å². The van der Waals surface area contributed by atoms with Crippen LogP contribution in [0.4, 0.5) is 10.6 Å². The van der Waals surface area contributed by atoms with Gasteiger partial charge in [0.1, 0.15) is 11.2 Å². The molecule has 0 aliphatic carbocycles. The quantitative estimate of drug-likeness (QED) is 0.535. The summed E-state index contributed by atoms with van der Waals surface area (Å²) in [6, 6.07) is 10.3. The molecule has 0 saturated carbocycles. The zero-order valence-corrected chi connectivity index (χ0v) is 23.8. The molecule has 37 heavy (non-hydrogen) atoms. The highest BCUT2D eigenvalue weighted by atomic mass is 32.2. The Balaban J connectivity index is 1.62. The maximum Gasteiger partial charge on any atom is 0.413 e. The summed E-state index contributed by atoms with van der Waals surface area (Å²) in [6.07, 6.45) is 0.977. The second-order valence-electron chi connectivity index (χ2n) is 11.0. The molecule has 1 unspecified atom stereocenters. The van der Waals surface area contributed by atoms with E-state index in [1.54, 1.807) is 51.2 Å². The Bertz CT molecular complexity index is 1220. The van der Waals surface area contributed by atoms with Crippen molar-refractivity contribution in [2.45, 2.75) is 69.2 Å². The standard InChI is InChI=1S/C26H36N4O5S2/c1-25(2,3)19-8-10-20(11-9-19)37(34,35)29-15-16-36-23(29)22(31)27-14-13-18-7-12-21(28-17-18)30(24(32)33)26(4,5)6/h7-12,17,23H,13-16H2,1-6H3,(H,27,31)(H,32,33). The number of pyridine rings is 1. The normalized spacial score (nSPS) is 17.0. The van der Waals surface area contributed by atoms with Crippen LogP contribution in [-0.4, -0.2) is 64.6 Å². The van der Waals surface area contributed by atoms with Crippen LogP contribution in [-0.2, 0) is 26.7 Å². The van der Waals surface area contributed by atoms with Crippen LogP contribution >= 0.6 is 11.8 Å². The number of sulfonamides is 1. The second-order valence-corrected chi connectivity index (χ2v) is 14.0. The first kappa shape index (κ1) is 28.9. The molecule has 0 bridgehead atoms. The van der Waals surface area contributed by atoms with Gasteiger partial charge in [0.05, 0.1) is 4.90 Å². The predicted octanol–water partition coefficient (Wildman–Crippen LogP) is 4.08. The highest BCUT2D eigenvalue weighted by molar-refractivity contribution is 8.02. The molecule has 0 radical (unpaired) electrons. The number of aromatic nitrogens is 1. The lowest BCUT2D eigenvalue weighted by Crippen LogP contribution is -2.45. The lowest BCUT2D eigenvalue weighted by Gasteiger charge is -2.32. The van der Waals surface area contributed by atoms with Gasteiger partial charge >= 0.3 is 6.09 Å². The van der Waals surface area contributed by atoms with Gasteiger partial charge in [-0.2, -0.15) is 4.31 Å². The number of nitrogens with zero attached hydrogens (tertiary/aromatic N) is 3. The summed E-state index contributed by atoms with van der Waals surface area (Å²) in [4.78, 5) is 30.2. The number of anilines is 1. The molecule has 3 rings (SSSR count). The van der Waals surface area contributed by atoms with E-state index in [0.717, 1.165) is 11.1 Å². The Labute approximate surface area is 223 Å². The summed E-state index contributed by atoms with van der Waals surface area (Å²) in [5.74, 6) is 0.509. The van der Waals surface area contributed by atoms with E-state index in [2.05, 4.69) is 31.1 Å². The van der Waals surface area contributed by atoms with Crippen molar-refractivity contribution in [1.82, 2.24) is 14.6 Å². The number of benzene rings is 1. The van der Waals surface area contributed by atoms with Gasteiger partial charge in [0.15, 0.2) is 0 Å². The fourth-order valence-corrected chi connectivity index (χ4v) is 7.11. The zero-order valence-electron chi connectivity index (χ0n) is 22.2. The molecule has 0 spiro atoms. The average Bonchev–Trinajstić information content (AvgIpc) is 3.30. The lowest BCUT2D eigenvalue weighted by molar-refractivity contribution is -0.122. The first-order valence-corrected chi connectivity index (χ1v) is 14.6. The topological polar surface area (TPSA) is 120 Å². The molecule has 1 saturated heterocycles. The SMILES string of the molecule is CC(C)(C)c1ccc(S(=O)(=O)N2CCSC2C(=O)NCCc2ccc(N(C(=O)O)C(C)(C)C)nc2)cc1. The number of rotatable bonds is 7. The maximum atomic E-state index is 13.3. The molecule has 2 N–H and O–H groups in total. The number of carboxylic acid groups (broad SMARTS) is 1. The van der Waals surface area contributed by atoms with Gasteiger partial charge in [-0.25, -0.2) is 18.2 Å². The van der Waals surface area contributed by atoms with Crippen LogP contribution in [0.3, 0.4) is 0 Å². The van der Waals surface area contributed by atoms with Crippen LogP contribution in [0.15, 0.2) is 47.5 Å². The molecule has 1 atom stereocenters. The summed E-state index contributed by atoms with van der Waals surface area (Å²) >= 11 is 1.31. The monoisotopic (exact) mass is 548 g/mol. The Morgan fingerprint density at radius 1 is 1.11 bits per heavy atom. The molecule has 202 valence electrons. The molecule has 9 nitrogen and oxygen atoms in total. The predicted molar refractivity (Wildman–Crippen MR) is 146 cm³/mol. The van der Waals surface area contributed by atoms with Crippen molar-refractivity contribution in [2.24, 2.45) is 0 Å². The number of thioether (sulfide) groups is 1. The van der Waals surface area contributed by atoms with E-state index in [0.29, 0.717) is 24.5 Å². The van der Waals surface area contributed by atoms with Crippen LogP contribution in [0.1, 0.15) is 52.7 Å². The van der Waals surface area contributed by atoms with Crippen LogP contribution in [0.5, 0.6) is 0 Å². The number of hydrogen-bond acceptors (Lipinski definition) is 6. The van der Waals surface area contributed by atoms with Gasteiger partial charge < -0.3 is 10.4 Å². The molecule has 1 aromatic carbocycles. The van der Waals surface area contributed by atoms with Crippen LogP contribution in [0.25, 0.3) is 0 Å². The fourth-order valence-electron chi connectivity index (χ4n) is 4.01. The highest BCUT2D eigenvalue weighted by Gasteiger charge is 2.40. The summed E-state index contributed by atoms with van der Waals surface area (Å²) in [6.45, 7) is 12.1. The molecule has 1 fully saturated rings. The molecule has 2 aromatic rings. The van der Waals surface area contributed by atoms with Crippen molar-refractivity contribution in [3.63, 3.8) is 0 Å². The summed E-state index contributed by atoms with van der Waals surface area (Å²) < 4.78 is 27.8. The molecule has 11 heteroatoms. The number of amides is 2. The van der Waals surface area contributed by atoms with Gasteiger partial charge in [0.25, 0.3) is 0 Å². The van der Waals surface area contributed by atoms with Gasteiger partial charge in [0.2, 0.25) is 15.9 Å². The molecule has 2 heterocycles. The Morgan fingerprint density at radius 3 is 2.27 bits per heavy atom. The maximum absolute atomic E-state index is 13.3. The van der Waals surface area contributed by atoms with Crippen LogP contribution in [0.2, 0.25) is 0 Å². The molecule has 1 aliphatic rings. The Morgan fingerprint density at radius 2 is 1.76 bits per heavy atom. The van der Waals surface area contributed by atoms with Gasteiger partial charge in [-0.1, -0.05) is 39.0 Å². The van der Waals surface area contributed by atoms with E-state index in [4.69, 9.17) is 0 Å². The van der Waals surface area contributed by atoms with E-state index in [1.165, 1.54) is 21.0 Å². The molecule has 2 amide bonds. The summed E-state index contributed by atoms with van der Waals surface area (Å²) in [5.41, 5.74) is 1.12. The number of hydrogen-bond donors (Lipinski definition) is 2. The Kier molecular flexibility index (Phi) is 8.60. The fraction of sp³-hybridized carbons (Fsp3) is 0.500. The summed E-state index contributed by atoms with van der Waals surface area (Å²) in [7, 11) is -3.82. The average molecular weight is 549 g/mol. The zero-order chi connectivity index (χ0) is 27.6. The van der Waals surface area contributed by atoms with E-state index in [-0.39, 0.29) is 22.8 Å². The van der Waals surface area contributed by atoms with Crippen molar-refractivity contribution < 1.29 is 23.1 Å². The van der Waals surface area contributed by atoms with Crippen LogP contribution in [0, 0.1) is 0 Å². The van der Waals surface area contributed by atoms with Gasteiger partial charge in [-0.05, 0) is 61.9 Å². The molecule has 1 aliphatic heterocycles. The molecule has 1 aromatic heterocycles. The van der Waals surface area contributed by atoms with Gasteiger partial charge in [-0.3, -0.25) is 9.69 Å². The van der Waals surface area contributed by atoms with Crippen molar-refractivity contribution in [3.8, 4) is 0 Å². The third kappa shape index (κ3) is 6.82. The van der Waals surface area contributed by atoms with Crippen molar-refractivity contribution >= 4 is 39.6 Å².